The van der Waals surface area contributed by atoms with E-state index in [1.54, 1.807) is 0 Å². The lowest BCUT2D eigenvalue weighted by Crippen LogP contribution is -2.27. The van der Waals surface area contributed by atoms with E-state index in [9.17, 15) is 22.8 Å². The Kier molecular flexibility index (Phi) is 3.15. The summed E-state index contributed by atoms with van der Waals surface area (Å²) in [6.45, 7) is 0.439. The number of fused-ring (bicyclic) bond motifs is 1. The van der Waals surface area contributed by atoms with E-state index in [1.165, 1.54) is 29.2 Å². The highest BCUT2D eigenvalue weighted by atomic mass is 19.4. The number of hydrogen-bond acceptors (Lipinski definition) is 3. The topological polar surface area (TPSA) is 46.6 Å². The molecule has 21 heavy (non-hydrogen) atoms. The molecule has 1 heterocycles. The number of alkyl halides is 3. The molecule has 0 spiro atoms. The van der Waals surface area contributed by atoms with Gasteiger partial charge in [-0.15, -0.1) is 13.2 Å². The van der Waals surface area contributed by atoms with Crippen molar-refractivity contribution >= 4 is 17.4 Å². The summed E-state index contributed by atoms with van der Waals surface area (Å²) in [5, 5.41) is 0. The lowest BCUT2D eigenvalue weighted by molar-refractivity contribution is -0.274. The van der Waals surface area contributed by atoms with Crippen LogP contribution in [0.2, 0.25) is 0 Å². The second kappa shape index (κ2) is 4.75. The third-order valence-corrected chi connectivity index (χ3v) is 3.89. The Bertz CT molecular complexity index is 582. The highest BCUT2D eigenvalue weighted by Gasteiger charge is 2.46. The van der Waals surface area contributed by atoms with Gasteiger partial charge < -0.3 is 9.64 Å². The van der Waals surface area contributed by atoms with Gasteiger partial charge in [-0.25, -0.2) is 0 Å². The predicted octanol–water partition coefficient (Wildman–Crippen LogP) is 2.53. The number of benzene rings is 1. The number of ketones is 1. The Morgan fingerprint density at radius 2 is 1.76 bits per heavy atom. The molecule has 1 aromatic rings. The zero-order valence-corrected chi connectivity index (χ0v) is 10.9. The van der Waals surface area contributed by atoms with E-state index in [1.807, 2.05) is 0 Å². The lowest BCUT2D eigenvalue weighted by Gasteiger charge is -2.18. The van der Waals surface area contributed by atoms with E-state index in [0.29, 0.717) is 18.7 Å². The highest BCUT2D eigenvalue weighted by Crippen LogP contribution is 2.39. The Labute approximate surface area is 118 Å². The second-order valence-corrected chi connectivity index (χ2v) is 5.30. The largest absolute Gasteiger partial charge is 0.573 e. The first-order valence-electron chi connectivity index (χ1n) is 6.52. The van der Waals surface area contributed by atoms with Crippen molar-refractivity contribution in [3.05, 3.63) is 24.3 Å². The lowest BCUT2D eigenvalue weighted by atomic mass is 10.0. The Morgan fingerprint density at radius 3 is 2.33 bits per heavy atom. The SMILES string of the molecule is O=C1CC2CN(c3ccc(OC(F)(F)F)cc3)C(=O)C2C1. The standard InChI is InChI=1S/C14H12F3NO3/c15-14(16,17)21-11-3-1-9(2-4-11)18-7-8-5-10(19)6-12(8)13(18)20/h1-4,8,12H,5-7H2. The van der Waals surface area contributed by atoms with Gasteiger partial charge >= 0.3 is 6.36 Å². The minimum atomic E-state index is -4.73. The summed E-state index contributed by atoms with van der Waals surface area (Å²) in [7, 11) is 0. The third kappa shape index (κ3) is 2.72. The Morgan fingerprint density at radius 1 is 1.10 bits per heavy atom. The number of carbonyl (C=O) groups excluding carboxylic acids is 2. The third-order valence-electron chi connectivity index (χ3n) is 3.89. The Hall–Kier alpha value is -2.05. The van der Waals surface area contributed by atoms with E-state index in [4.69, 9.17) is 0 Å². The molecule has 112 valence electrons. The number of anilines is 1. The van der Waals surface area contributed by atoms with Crippen molar-refractivity contribution in [1.29, 1.82) is 0 Å². The van der Waals surface area contributed by atoms with Crippen LogP contribution in [0, 0.1) is 11.8 Å². The van der Waals surface area contributed by atoms with E-state index in [2.05, 4.69) is 4.74 Å². The molecule has 2 unspecified atom stereocenters. The van der Waals surface area contributed by atoms with Crippen LogP contribution in [0.4, 0.5) is 18.9 Å². The zero-order chi connectivity index (χ0) is 15.2. The molecule has 2 atom stereocenters. The number of carbonyl (C=O) groups is 2. The number of Topliss-reactive ketones (excluding diaryl/α,β-unsaturated/α-hetero) is 1. The first-order valence-corrected chi connectivity index (χ1v) is 6.52. The van der Waals surface area contributed by atoms with Crippen LogP contribution in [0.3, 0.4) is 0 Å². The van der Waals surface area contributed by atoms with Crippen molar-refractivity contribution in [2.75, 3.05) is 11.4 Å². The van der Waals surface area contributed by atoms with Gasteiger partial charge in [0.1, 0.15) is 11.5 Å². The molecule has 0 bridgehead atoms. The fourth-order valence-corrected chi connectivity index (χ4v) is 3.00. The molecule has 3 rings (SSSR count). The molecular formula is C14H12F3NO3. The minimum Gasteiger partial charge on any atom is -0.406 e. The maximum absolute atomic E-state index is 12.2. The van der Waals surface area contributed by atoms with Crippen LogP contribution in [0.15, 0.2) is 24.3 Å². The van der Waals surface area contributed by atoms with Crippen LogP contribution in [-0.2, 0) is 9.59 Å². The summed E-state index contributed by atoms with van der Waals surface area (Å²) >= 11 is 0. The van der Waals surface area contributed by atoms with Gasteiger partial charge in [0, 0.05) is 25.1 Å². The average Bonchev–Trinajstić information content (AvgIpc) is 2.87. The number of ether oxygens (including phenoxy) is 1. The van der Waals surface area contributed by atoms with Crippen molar-refractivity contribution in [2.45, 2.75) is 19.2 Å². The van der Waals surface area contributed by atoms with Crippen LogP contribution in [0.1, 0.15) is 12.8 Å². The van der Waals surface area contributed by atoms with Crippen LogP contribution in [0.5, 0.6) is 5.75 Å². The maximum atomic E-state index is 12.2. The number of hydrogen-bond donors (Lipinski definition) is 0. The second-order valence-electron chi connectivity index (χ2n) is 5.30. The van der Waals surface area contributed by atoms with Crippen molar-refractivity contribution in [3.8, 4) is 5.75 Å². The molecule has 1 saturated heterocycles. The van der Waals surface area contributed by atoms with E-state index in [0.717, 1.165) is 0 Å². The summed E-state index contributed by atoms with van der Waals surface area (Å²) < 4.78 is 40.0. The average molecular weight is 299 g/mol. The van der Waals surface area contributed by atoms with Crippen molar-refractivity contribution < 1.29 is 27.5 Å². The van der Waals surface area contributed by atoms with Crippen molar-refractivity contribution in [2.24, 2.45) is 11.8 Å². The molecule has 1 aliphatic carbocycles. The predicted molar refractivity (Wildman–Crippen MR) is 66.7 cm³/mol. The molecule has 1 amide bonds. The summed E-state index contributed by atoms with van der Waals surface area (Å²) in [5.41, 5.74) is 0.524. The minimum absolute atomic E-state index is 0.0242. The fraction of sp³-hybridized carbons (Fsp3) is 0.429. The smallest absolute Gasteiger partial charge is 0.406 e. The molecular weight excluding hydrogens is 287 g/mol. The first kappa shape index (κ1) is 13.9. The molecule has 2 aliphatic rings. The van der Waals surface area contributed by atoms with Crippen LogP contribution >= 0.6 is 0 Å². The quantitative estimate of drug-likeness (QED) is 0.843. The fourth-order valence-electron chi connectivity index (χ4n) is 3.00. The zero-order valence-electron chi connectivity index (χ0n) is 10.9. The van der Waals surface area contributed by atoms with Crippen molar-refractivity contribution in [1.82, 2.24) is 0 Å². The molecule has 1 saturated carbocycles. The van der Waals surface area contributed by atoms with E-state index < -0.39 is 6.36 Å². The van der Waals surface area contributed by atoms with Gasteiger partial charge in [0.2, 0.25) is 5.91 Å². The van der Waals surface area contributed by atoms with Crippen LogP contribution < -0.4 is 9.64 Å². The van der Waals surface area contributed by atoms with E-state index in [-0.39, 0.29) is 35.7 Å². The van der Waals surface area contributed by atoms with Crippen LogP contribution in [0.25, 0.3) is 0 Å². The number of rotatable bonds is 2. The highest BCUT2D eigenvalue weighted by molar-refractivity contribution is 6.02. The maximum Gasteiger partial charge on any atom is 0.573 e. The monoisotopic (exact) mass is 299 g/mol. The summed E-state index contributed by atoms with van der Waals surface area (Å²) in [6.07, 6.45) is -4.06. The molecule has 0 aromatic heterocycles. The molecule has 1 aliphatic heterocycles. The van der Waals surface area contributed by atoms with Gasteiger partial charge in [-0.2, -0.15) is 0 Å². The normalized spacial score (nSPS) is 25.4. The number of halogens is 3. The van der Waals surface area contributed by atoms with Gasteiger partial charge in [-0.05, 0) is 30.2 Å². The molecule has 2 fully saturated rings. The summed E-state index contributed by atoms with van der Waals surface area (Å²) in [5.74, 6) is -0.602. The Balaban J connectivity index is 1.74. The van der Waals surface area contributed by atoms with Gasteiger partial charge in [-0.1, -0.05) is 0 Å². The van der Waals surface area contributed by atoms with Gasteiger partial charge in [0.25, 0.3) is 0 Å². The van der Waals surface area contributed by atoms with Gasteiger partial charge in [0.15, 0.2) is 0 Å². The van der Waals surface area contributed by atoms with Gasteiger partial charge in [-0.3, -0.25) is 9.59 Å². The number of amides is 1. The summed E-state index contributed by atoms with van der Waals surface area (Å²) in [6, 6.07) is 5.19. The summed E-state index contributed by atoms with van der Waals surface area (Å²) in [4.78, 5) is 25.1. The molecule has 4 nitrogen and oxygen atoms in total. The molecule has 1 aromatic carbocycles. The molecule has 0 radical (unpaired) electrons. The molecule has 7 heteroatoms. The molecule has 0 N–H and O–H groups in total. The van der Waals surface area contributed by atoms with Gasteiger partial charge in [0.05, 0.1) is 5.92 Å². The van der Waals surface area contributed by atoms with Crippen molar-refractivity contribution in [3.63, 3.8) is 0 Å². The first-order chi connectivity index (χ1) is 9.83. The van der Waals surface area contributed by atoms with E-state index >= 15 is 0 Å². The van der Waals surface area contributed by atoms with Crippen LogP contribution in [-0.4, -0.2) is 24.6 Å². The number of nitrogens with zero attached hydrogens (tertiary/aromatic N) is 1.